The molecule has 0 radical (unpaired) electrons. The third-order valence-electron chi connectivity index (χ3n) is 3.72. The number of aliphatic hydroxyl groups is 1. The molecule has 21 heavy (non-hydrogen) atoms. The maximum atomic E-state index is 12.3. The van der Waals surface area contributed by atoms with Gasteiger partial charge in [0.05, 0.1) is 16.7 Å². The molecule has 2 aromatic rings. The van der Waals surface area contributed by atoms with E-state index < -0.39 is 5.60 Å². The predicted octanol–water partition coefficient (Wildman–Crippen LogP) is 3.08. The second kappa shape index (κ2) is 6.31. The predicted molar refractivity (Wildman–Crippen MR) is 85.3 cm³/mol. The summed E-state index contributed by atoms with van der Waals surface area (Å²) in [6.07, 6.45) is 3.44. The molecule has 0 bridgehead atoms. The number of hydrogen-bond acceptors (Lipinski definition) is 2. The zero-order valence-corrected chi connectivity index (χ0v) is 12.9. The highest BCUT2D eigenvalue weighted by molar-refractivity contribution is 6.05. The van der Waals surface area contributed by atoms with E-state index in [0.29, 0.717) is 17.9 Å². The summed E-state index contributed by atoms with van der Waals surface area (Å²) >= 11 is 0. The molecule has 0 saturated heterocycles. The van der Waals surface area contributed by atoms with Crippen molar-refractivity contribution in [3.63, 3.8) is 0 Å². The van der Waals surface area contributed by atoms with Gasteiger partial charge in [0.1, 0.15) is 0 Å². The molecule has 1 aromatic carbocycles. The number of H-pyrrole nitrogens is 1. The summed E-state index contributed by atoms with van der Waals surface area (Å²) < 4.78 is 0. The molecule has 4 heteroatoms. The van der Waals surface area contributed by atoms with Crippen LogP contribution in [0.4, 0.5) is 0 Å². The number of amides is 1. The lowest BCUT2D eigenvalue weighted by Gasteiger charge is -2.24. The van der Waals surface area contributed by atoms with Crippen LogP contribution in [0.25, 0.3) is 10.9 Å². The largest absolute Gasteiger partial charge is 0.388 e. The fraction of sp³-hybridized carbons (Fsp3) is 0.471. The molecule has 4 nitrogen and oxygen atoms in total. The molecule has 1 aromatic heterocycles. The van der Waals surface area contributed by atoms with Crippen LogP contribution in [0.15, 0.2) is 30.5 Å². The molecule has 1 amide bonds. The van der Waals surface area contributed by atoms with Crippen LogP contribution in [0, 0.1) is 5.92 Å². The first-order valence-electron chi connectivity index (χ1n) is 7.46. The van der Waals surface area contributed by atoms with Crippen LogP contribution >= 0.6 is 0 Å². The van der Waals surface area contributed by atoms with E-state index in [1.807, 2.05) is 24.4 Å². The standard InChI is InChI=1S/C17H24N2O2/c1-12(2)7-9-17(3,21)11-19-16(20)14-6-4-5-13-8-10-18-15(13)14/h4-6,8,10,12,18,21H,7,9,11H2,1-3H3,(H,19,20). The molecule has 2 rings (SSSR count). The third-order valence-corrected chi connectivity index (χ3v) is 3.72. The van der Waals surface area contributed by atoms with E-state index in [2.05, 4.69) is 24.1 Å². The topological polar surface area (TPSA) is 65.1 Å². The van der Waals surface area contributed by atoms with Crippen LogP contribution in [-0.2, 0) is 0 Å². The lowest BCUT2D eigenvalue weighted by molar-refractivity contribution is 0.0429. The lowest BCUT2D eigenvalue weighted by atomic mass is 9.95. The number of hydrogen-bond donors (Lipinski definition) is 3. The molecular weight excluding hydrogens is 264 g/mol. The number of fused-ring (bicyclic) bond motifs is 1. The van der Waals surface area contributed by atoms with Gasteiger partial charge in [-0.05, 0) is 37.8 Å². The Hall–Kier alpha value is -1.81. The van der Waals surface area contributed by atoms with Crippen molar-refractivity contribution in [1.29, 1.82) is 0 Å². The molecule has 0 fully saturated rings. The summed E-state index contributed by atoms with van der Waals surface area (Å²) in [6, 6.07) is 7.55. The van der Waals surface area contributed by atoms with E-state index in [0.717, 1.165) is 17.3 Å². The number of aromatic nitrogens is 1. The zero-order valence-electron chi connectivity index (χ0n) is 12.9. The first kappa shape index (κ1) is 15.6. The molecule has 0 aliphatic carbocycles. The minimum atomic E-state index is -0.871. The van der Waals surface area contributed by atoms with Crippen molar-refractivity contribution in [3.05, 3.63) is 36.0 Å². The fourth-order valence-electron chi connectivity index (χ4n) is 2.33. The van der Waals surface area contributed by atoms with E-state index in [1.54, 1.807) is 13.0 Å². The van der Waals surface area contributed by atoms with Crippen LogP contribution in [0.1, 0.15) is 44.0 Å². The lowest BCUT2D eigenvalue weighted by Crippen LogP contribution is -2.40. The number of benzene rings is 1. The maximum Gasteiger partial charge on any atom is 0.253 e. The normalized spacial score (nSPS) is 14.3. The number of rotatable bonds is 6. The Bertz CT molecular complexity index is 614. The average molecular weight is 288 g/mol. The smallest absolute Gasteiger partial charge is 0.253 e. The molecule has 0 aliphatic heterocycles. The van der Waals surface area contributed by atoms with Crippen molar-refractivity contribution in [2.24, 2.45) is 5.92 Å². The Morgan fingerprint density at radius 2 is 2.14 bits per heavy atom. The van der Waals surface area contributed by atoms with Crippen molar-refractivity contribution in [2.45, 2.75) is 39.2 Å². The van der Waals surface area contributed by atoms with E-state index in [-0.39, 0.29) is 12.5 Å². The quantitative estimate of drug-likeness (QED) is 0.764. The first-order chi connectivity index (χ1) is 9.89. The molecule has 114 valence electrons. The number of para-hydroxylation sites is 1. The highest BCUT2D eigenvalue weighted by Gasteiger charge is 2.22. The van der Waals surface area contributed by atoms with Gasteiger partial charge in [-0.3, -0.25) is 4.79 Å². The van der Waals surface area contributed by atoms with Crippen LogP contribution < -0.4 is 5.32 Å². The molecule has 1 unspecified atom stereocenters. The maximum absolute atomic E-state index is 12.3. The van der Waals surface area contributed by atoms with Gasteiger partial charge in [0.15, 0.2) is 0 Å². The minimum absolute atomic E-state index is 0.159. The van der Waals surface area contributed by atoms with Gasteiger partial charge in [0.2, 0.25) is 0 Å². The first-order valence-corrected chi connectivity index (χ1v) is 7.46. The van der Waals surface area contributed by atoms with Gasteiger partial charge in [-0.2, -0.15) is 0 Å². The third kappa shape index (κ3) is 4.08. The van der Waals surface area contributed by atoms with Gasteiger partial charge in [-0.1, -0.05) is 26.0 Å². The summed E-state index contributed by atoms with van der Waals surface area (Å²) in [4.78, 5) is 15.4. The number of aromatic amines is 1. The number of carbonyl (C=O) groups is 1. The number of nitrogens with one attached hydrogen (secondary N) is 2. The molecule has 3 N–H and O–H groups in total. The Morgan fingerprint density at radius 1 is 1.38 bits per heavy atom. The highest BCUT2D eigenvalue weighted by atomic mass is 16.3. The van der Waals surface area contributed by atoms with Gasteiger partial charge in [-0.25, -0.2) is 0 Å². The molecule has 0 spiro atoms. The summed E-state index contributed by atoms with van der Waals surface area (Å²) in [5.41, 5.74) is 0.567. The monoisotopic (exact) mass is 288 g/mol. The van der Waals surface area contributed by atoms with Gasteiger partial charge in [-0.15, -0.1) is 0 Å². The van der Waals surface area contributed by atoms with E-state index in [4.69, 9.17) is 0 Å². The molecule has 1 atom stereocenters. The molecule has 0 saturated carbocycles. The van der Waals surface area contributed by atoms with Crippen LogP contribution in [0.3, 0.4) is 0 Å². The van der Waals surface area contributed by atoms with E-state index in [9.17, 15) is 9.90 Å². The molecule has 0 aliphatic rings. The van der Waals surface area contributed by atoms with Gasteiger partial charge < -0.3 is 15.4 Å². The van der Waals surface area contributed by atoms with Crippen LogP contribution in [0.2, 0.25) is 0 Å². The Kier molecular flexibility index (Phi) is 4.68. The van der Waals surface area contributed by atoms with Crippen molar-refractivity contribution in [2.75, 3.05) is 6.54 Å². The van der Waals surface area contributed by atoms with Crippen LogP contribution in [-0.4, -0.2) is 28.1 Å². The van der Waals surface area contributed by atoms with Gasteiger partial charge in [0.25, 0.3) is 5.91 Å². The van der Waals surface area contributed by atoms with Crippen molar-refractivity contribution in [1.82, 2.24) is 10.3 Å². The second-order valence-corrected chi connectivity index (χ2v) is 6.36. The Labute approximate surface area is 125 Å². The minimum Gasteiger partial charge on any atom is -0.388 e. The Balaban J connectivity index is 2.00. The summed E-state index contributed by atoms with van der Waals surface area (Å²) in [5.74, 6) is 0.382. The van der Waals surface area contributed by atoms with E-state index in [1.165, 1.54) is 0 Å². The van der Waals surface area contributed by atoms with Crippen molar-refractivity contribution < 1.29 is 9.90 Å². The Morgan fingerprint density at radius 3 is 2.86 bits per heavy atom. The highest BCUT2D eigenvalue weighted by Crippen LogP contribution is 2.18. The zero-order chi connectivity index (χ0) is 15.5. The number of carbonyl (C=O) groups excluding carboxylic acids is 1. The molecular formula is C17H24N2O2. The average Bonchev–Trinajstić information content (AvgIpc) is 2.91. The van der Waals surface area contributed by atoms with Gasteiger partial charge >= 0.3 is 0 Å². The molecule has 1 heterocycles. The van der Waals surface area contributed by atoms with Crippen molar-refractivity contribution >= 4 is 16.8 Å². The SMILES string of the molecule is CC(C)CCC(C)(O)CNC(=O)c1cccc2cc[nH]c12. The van der Waals surface area contributed by atoms with Crippen molar-refractivity contribution in [3.8, 4) is 0 Å². The second-order valence-electron chi connectivity index (χ2n) is 6.36. The summed E-state index contributed by atoms with van der Waals surface area (Å²) in [5, 5.41) is 14.2. The van der Waals surface area contributed by atoms with E-state index >= 15 is 0 Å². The fourth-order valence-corrected chi connectivity index (χ4v) is 2.33. The van der Waals surface area contributed by atoms with Crippen LogP contribution in [0.5, 0.6) is 0 Å². The summed E-state index contributed by atoms with van der Waals surface area (Å²) in [7, 11) is 0. The summed E-state index contributed by atoms with van der Waals surface area (Å²) in [6.45, 7) is 6.28. The van der Waals surface area contributed by atoms with Gasteiger partial charge in [0, 0.05) is 18.1 Å².